The molecule has 0 saturated carbocycles. The van der Waals surface area contributed by atoms with Gasteiger partial charge >= 0.3 is 6.09 Å². The maximum Gasteiger partial charge on any atom is 0.408 e. The Morgan fingerprint density at radius 3 is 2.39 bits per heavy atom. The summed E-state index contributed by atoms with van der Waals surface area (Å²) in [6, 6.07) is 7.22. The topological polar surface area (TPSA) is 134 Å². The van der Waals surface area contributed by atoms with Gasteiger partial charge in [-0.3, -0.25) is 19.2 Å². The molecule has 1 saturated heterocycles. The first-order valence-electron chi connectivity index (χ1n) is 12.6. The van der Waals surface area contributed by atoms with Gasteiger partial charge in [-0.25, -0.2) is 4.79 Å². The van der Waals surface area contributed by atoms with Crippen LogP contribution in [0.1, 0.15) is 58.4 Å². The molecular weight excluding hydrogens is 464 g/mol. The second kappa shape index (κ2) is 14.9. The number of carbonyl (C=O) groups excluding carboxylic acids is 5. The van der Waals surface area contributed by atoms with Crippen molar-refractivity contribution >= 4 is 29.6 Å². The van der Waals surface area contributed by atoms with Gasteiger partial charge in [-0.2, -0.15) is 0 Å². The minimum absolute atomic E-state index is 0.0604. The van der Waals surface area contributed by atoms with E-state index < -0.39 is 35.8 Å². The Labute approximate surface area is 212 Å². The van der Waals surface area contributed by atoms with Gasteiger partial charge in [0, 0.05) is 26.1 Å². The molecule has 1 aliphatic rings. The number of Topliss-reactive ketones (excluding diaryl/α,β-unsaturated/α-hetero) is 1. The highest BCUT2D eigenvalue weighted by atomic mass is 16.5. The number of nitrogens with zero attached hydrogens (tertiary/aromatic N) is 1. The second-order valence-electron chi connectivity index (χ2n) is 9.32. The molecule has 0 spiro atoms. The molecule has 0 radical (unpaired) electrons. The predicted molar refractivity (Wildman–Crippen MR) is 134 cm³/mol. The quantitative estimate of drug-likeness (QED) is 0.263. The molecule has 0 aliphatic carbocycles. The molecule has 1 aromatic rings. The number of likely N-dealkylation sites (tertiary alicyclic amines) is 1. The van der Waals surface area contributed by atoms with Gasteiger partial charge in [-0.1, -0.05) is 51.1 Å². The van der Waals surface area contributed by atoms with E-state index in [1.807, 2.05) is 44.2 Å². The van der Waals surface area contributed by atoms with Crippen LogP contribution in [-0.4, -0.2) is 66.2 Å². The standard InChI is InChI=1S/C26H38N4O6/c1-4-20(23(32)25(34)27-13-9-15-30-14-8-12-22(30)31)28-24(33)21(16-18(2)3)29-26(35)36-17-19-10-6-5-7-11-19/h5-7,10-11,18,20-21H,4,8-9,12-17H2,1-3H3,(H,27,34)(H,28,33)(H,29,35)/t20?,21-/m0/s1. The van der Waals surface area contributed by atoms with E-state index in [-0.39, 0.29) is 31.4 Å². The highest BCUT2D eigenvalue weighted by Crippen LogP contribution is 2.10. The summed E-state index contributed by atoms with van der Waals surface area (Å²) >= 11 is 0. The number of benzene rings is 1. The maximum absolute atomic E-state index is 12.9. The molecule has 10 heteroatoms. The van der Waals surface area contributed by atoms with Crippen molar-refractivity contribution in [2.75, 3.05) is 19.6 Å². The van der Waals surface area contributed by atoms with Gasteiger partial charge in [0.05, 0.1) is 6.04 Å². The van der Waals surface area contributed by atoms with Crippen LogP contribution in [0.25, 0.3) is 0 Å². The van der Waals surface area contributed by atoms with Crippen molar-refractivity contribution in [1.82, 2.24) is 20.9 Å². The monoisotopic (exact) mass is 502 g/mol. The minimum Gasteiger partial charge on any atom is -0.445 e. The lowest BCUT2D eigenvalue weighted by atomic mass is 10.0. The summed E-state index contributed by atoms with van der Waals surface area (Å²) < 4.78 is 5.22. The zero-order valence-corrected chi connectivity index (χ0v) is 21.4. The molecule has 36 heavy (non-hydrogen) atoms. The van der Waals surface area contributed by atoms with E-state index in [4.69, 9.17) is 4.74 Å². The van der Waals surface area contributed by atoms with Gasteiger partial charge in [0.2, 0.25) is 17.6 Å². The van der Waals surface area contributed by atoms with Gasteiger partial charge < -0.3 is 25.6 Å². The highest BCUT2D eigenvalue weighted by molar-refractivity contribution is 6.38. The maximum atomic E-state index is 12.9. The predicted octanol–water partition coefficient (Wildman–Crippen LogP) is 1.92. The third-order valence-corrected chi connectivity index (χ3v) is 5.86. The Hall–Kier alpha value is -3.43. The van der Waals surface area contributed by atoms with Crippen LogP contribution in [0.3, 0.4) is 0 Å². The van der Waals surface area contributed by atoms with Crippen molar-refractivity contribution in [2.45, 2.75) is 71.6 Å². The Kier molecular flexibility index (Phi) is 11.9. The summed E-state index contributed by atoms with van der Waals surface area (Å²) in [5.41, 5.74) is 0.812. The number of amides is 4. The molecule has 4 amide bonds. The third-order valence-electron chi connectivity index (χ3n) is 5.86. The smallest absolute Gasteiger partial charge is 0.408 e. The lowest BCUT2D eigenvalue weighted by Gasteiger charge is -2.23. The third kappa shape index (κ3) is 9.67. The zero-order valence-electron chi connectivity index (χ0n) is 21.4. The summed E-state index contributed by atoms with van der Waals surface area (Å²) in [6.07, 6.45) is 1.75. The normalized spacial score (nSPS) is 14.8. The van der Waals surface area contributed by atoms with Crippen molar-refractivity contribution in [3.8, 4) is 0 Å². The van der Waals surface area contributed by atoms with E-state index in [9.17, 15) is 24.0 Å². The fourth-order valence-corrected chi connectivity index (χ4v) is 3.89. The van der Waals surface area contributed by atoms with Crippen LogP contribution in [0.15, 0.2) is 30.3 Å². The Morgan fingerprint density at radius 1 is 1.06 bits per heavy atom. The fraction of sp³-hybridized carbons (Fsp3) is 0.577. The summed E-state index contributed by atoms with van der Waals surface area (Å²) in [4.78, 5) is 63.6. The number of rotatable bonds is 14. The summed E-state index contributed by atoms with van der Waals surface area (Å²) in [5.74, 6) is -1.90. The molecule has 10 nitrogen and oxygen atoms in total. The van der Waals surface area contributed by atoms with Crippen molar-refractivity contribution < 1.29 is 28.7 Å². The number of hydrogen-bond acceptors (Lipinski definition) is 6. The average Bonchev–Trinajstić information content (AvgIpc) is 3.27. The van der Waals surface area contributed by atoms with E-state index in [1.165, 1.54) is 0 Å². The van der Waals surface area contributed by atoms with Crippen molar-refractivity contribution in [3.63, 3.8) is 0 Å². The van der Waals surface area contributed by atoms with Gasteiger partial charge in [-0.05, 0) is 37.2 Å². The number of ether oxygens (including phenoxy) is 1. The van der Waals surface area contributed by atoms with Gasteiger partial charge in [0.25, 0.3) is 5.91 Å². The van der Waals surface area contributed by atoms with Crippen LogP contribution in [0.5, 0.6) is 0 Å². The summed E-state index contributed by atoms with van der Waals surface area (Å²) in [7, 11) is 0. The largest absolute Gasteiger partial charge is 0.445 e. The van der Waals surface area contributed by atoms with E-state index in [2.05, 4.69) is 16.0 Å². The number of nitrogens with one attached hydrogen (secondary N) is 3. The first-order valence-corrected chi connectivity index (χ1v) is 12.6. The summed E-state index contributed by atoms with van der Waals surface area (Å²) in [6.45, 7) is 7.07. The number of alkyl carbamates (subject to hydrolysis) is 1. The first kappa shape index (κ1) is 28.8. The molecule has 0 aromatic heterocycles. The molecule has 3 N–H and O–H groups in total. The van der Waals surface area contributed by atoms with Gasteiger partial charge in [0.1, 0.15) is 12.6 Å². The van der Waals surface area contributed by atoms with Gasteiger partial charge in [0.15, 0.2) is 0 Å². The van der Waals surface area contributed by atoms with Crippen LogP contribution >= 0.6 is 0 Å². The summed E-state index contributed by atoms with van der Waals surface area (Å²) in [5, 5.41) is 7.74. The Balaban J connectivity index is 1.84. The molecular formula is C26H38N4O6. The van der Waals surface area contributed by atoms with E-state index in [0.29, 0.717) is 25.8 Å². The first-order chi connectivity index (χ1) is 17.2. The molecule has 1 aliphatic heterocycles. The molecule has 1 unspecified atom stereocenters. The average molecular weight is 503 g/mol. The number of hydrogen-bond donors (Lipinski definition) is 3. The van der Waals surface area contributed by atoms with Crippen LogP contribution < -0.4 is 16.0 Å². The van der Waals surface area contributed by atoms with E-state index in [0.717, 1.165) is 18.5 Å². The van der Waals surface area contributed by atoms with Crippen molar-refractivity contribution in [1.29, 1.82) is 0 Å². The van der Waals surface area contributed by atoms with Crippen LogP contribution in [0, 0.1) is 5.92 Å². The Morgan fingerprint density at radius 2 is 1.78 bits per heavy atom. The highest BCUT2D eigenvalue weighted by Gasteiger charge is 2.30. The molecule has 2 rings (SSSR count). The molecule has 1 aromatic carbocycles. The molecule has 1 heterocycles. The Bertz CT molecular complexity index is 905. The molecule has 2 atom stereocenters. The fourth-order valence-electron chi connectivity index (χ4n) is 3.89. The van der Waals surface area contributed by atoms with Crippen molar-refractivity contribution in [3.05, 3.63) is 35.9 Å². The van der Waals surface area contributed by atoms with Gasteiger partial charge in [-0.15, -0.1) is 0 Å². The van der Waals surface area contributed by atoms with Crippen molar-refractivity contribution in [2.24, 2.45) is 5.92 Å². The minimum atomic E-state index is -1.02. The van der Waals surface area contributed by atoms with Crippen LogP contribution in [0.2, 0.25) is 0 Å². The molecule has 0 bridgehead atoms. The molecule has 1 fully saturated rings. The SMILES string of the molecule is CCC(NC(=O)[C@H](CC(C)C)NC(=O)OCc1ccccc1)C(=O)C(=O)NCCCN1CCCC1=O. The lowest BCUT2D eigenvalue weighted by Crippen LogP contribution is -2.54. The van der Waals surface area contributed by atoms with E-state index in [1.54, 1.807) is 11.8 Å². The second-order valence-corrected chi connectivity index (χ2v) is 9.32. The van der Waals surface area contributed by atoms with E-state index >= 15 is 0 Å². The zero-order chi connectivity index (χ0) is 26.5. The van der Waals surface area contributed by atoms with Crippen LogP contribution in [0.4, 0.5) is 4.79 Å². The van der Waals surface area contributed by atoms with Crippen LogP contribution in [-0.2, 0) is 30.5 Å². The number of ketones is 1. The molecule has 198 valence electrons. The number of carbonyl (C=O) groups is 5. The lowest BCUT2D eigenvalue weighted by molar-refractivity contribution is -0.140.